The third-order valence-corrected chi connectivity index (χ3v) is 11.0. The summed E-state index contributed by atoms with van der Waals surface area (Å²) >= 11 is 0. The van der Waals surface area contributed by atoms with E-state index in [1.54, 1.807) is 11.1 Å². The molecule has 5 rings (SSSR count). The first-order chi connectivity index (χ1) is 19.0. The lowest BCUT2D eigenvalue weighted by Crippen LogP contribution is -2.45. The van der Waals surface area contributed by atoms with Crippen molar-refractivity contribution in [1.82, 2.24) is 16.0 Å². The minimum atomic E-state index is -0.0599. The fourth-order valence-corrected chi connectivity index (χ4v) is 8.74. The van der Waals surface area contributed by atoms with Gasteiger partial charge in [0.2, 0.25) is 11.8 Å². The molecule has 7 nitrogen and oxygen atoms in total. The van der Waals surface area contributed by atoms with Gasteiger partial charge in [-0.1, -0.05) is 38.8 Å². The first kappa shape index (κ1) is 33.1. The van der Waals surface area contributed by atoms with Gasteiger partial charge in [-0.25, -0.2) is 0 Å². The molecule has 230 valence electrons. The minimum Gasteiger partial charge on any atom is -0.357 e. The van der Waals surface area contributed by atoms with E-state index in [1.807, 2.05) is 20.8 Å². The van der Waals surface area contributed by atoms with Crippen molar-refractivity contribution in [3.8, 4) is 0 Å². The molecule has 3 aliphatic carbocycles. The van der Waals surface area contributed by atoms with Crippen LogP contribution < -0.4 is 21.7 Å². The Bertz CT molecular complexity index is 906. The summed E-state index contributed by atoms with van der Waals surface area (Å²) in [5, 5.41) is 9.54. The van der Waals surface area contributed by atoms with Gasteiger partial charge in [-0.3, -0.25) is 14.9 Å². The van der Waals surface area contributed by atoms with E-state index < -0.39 is 0 Å². The highest BCUT2D eigenvalue weighted by atomic mass is 16.5. The summed E-state index contributed by atoms with van der Waals surface area (Å²) in [6, 6.07) is 0.384. The molecule has 5 N–H and O–H groups in total. The van der Waals surface area contributed by atoms with Gasteiger partial charge in [0.25, 0.3) is 0 Å². The summed E-state index contributed by atoms with van der Waals surface area (Å²) in [5.41, 5.74) is 9.50. The standard InChI is InChI=1S/C27H45N3O2.C4H9NO.C2H6/c1-16(14-28)11-25-30-18(3)27(32-25)10-7-20-21-6-5-19-15-29-24(31)8-9-26(19,4)23(21)12-22(20)17(2)13-27;1-3-5-4(2)6;1-2/h16,18-21,23,25,30H,5-15,28H2,1-4H3,(H,29,31);3H2,1-2H3,(H,5,6);1-2H3/t16?,18-,19?,20?,21?,23?,25?,26?,27?;;/m0../s1. The third kappa shape index (κ3) is 6.95. The van der Waals surface area contributed by atoms with Crippen LogP contribution in [-0.2, 0) is 14.3 Å². The summed E-state index contributed by atoms with van der Waals surface area (Å²) < 4.78 is 6.81. The van der Waals surface area contributed by atoms with Crippen LogP contribution in [0.1, 0.15) is 113 Å². The highest BCUT2D eigenvalue weighted by molar-refractivity contribution is 5.76. The first-order valence-electron chi connectivity index (χ1n) is 16.4. The van der Waals surface area contributed by atoms with E-state index in [2.05, 4.69) is 43.6 Å². The molecule has 2 heterocycles. The number of fused-ring (bicyclic) bond motifs is 5. The molecule has 8 unspecified atom stereocenters. The van der Waals surface area contributed by atoms with Gasteiger partial charge in [0, 0.05) is 32.5 Å². The lowest BCUT2D eigenvalue weighted by molar-refractivity contribution is -0.121. The van der Waals surface area contributed by atoms with Gasteiger partial charge in [-0.2, -0.15) is 0 Å². The highest BCUT2D eigenvalue weighted by Crippen LogP contribution is 2.63. The number of allylic oxidation sites excluding steroid dienone is 1. The zero-order valence-corrected chi connectivity index (χ0v) is 26.8. The van der Waals surface area contributed by atoms with Crippen molar-refractivity contribution in [3.63, 3.8) is 0 Å². The van der Waals surface area contributed by atoms with Crippen LogP contribution in [0.4, 0.5) is 0 Å². The Balaban J connectivity index is 0.000000491. The molecule has 0 bridgehead atoms. The minimum absolute atomic E-state index is 0.0394. The van der Waals surface area contributed by atoms with E-state index in [4.69, 9.17) is 10.5 Å². The molecule has 0 radical (unpaired) electrons. The van der Waals surface area contributed by atoms with Gasteiger partial charge >= 0.3 is 0 Å². The lowest BCUT2D eigenvalue weighted by Gasteiger charge is -2.49. The molecule has 0 aromatic carbocycles. The van der Waals surface area contributed by atoms with Crippen LogP contribution in [0, 0.1) is 35.0 Å². The van der Waals surface area contributed by atoms with E-state index in [0.29, 0.717) is 29.7 Å². The molecule has 2 saturated carbocycles. The molecule has 40 heavy (non-hydrogen) atoms. The summed E-state index contributed by atoms with van der Waals surface area (Å²) in [4.78, 5) is 22.1. The normalized spacial score (nSPS) is 39.2. The molecular formula is C33H60N4O3. The maximum absolute atomic E-state index is 12.1. The van der Waals surface area contributed by atoms with Crippen molar-refractivity contribution in [2.24, 2.45) is 40.7 Å². The molecule has 9 atom stereocenters. The predicted octanol–water partition coefficient (Wildman–Crippen LogP) is 5.29. The van der Waals surface area contributed by atoms with Crippen molar-refractivity contribution in [1.29, 1.82) is 0 Å². The summed E-state index contributed by atoms with van der Waals surface area (Å²) in [5.74, 6) is 3.70. The molecule has 2 aliphatic heterocycles. The smallest absolute Gasteiger partial charge is 0.220 e. The Kier molecular flexibility index (Phi) is 11.7. The topological polar surface area (TPSA) is 105 Å². The van der Waals surface area contributed by atoms with E-state index >= 15 is 0 Å². The fraction of sp³-hybridized carbons (Fsp3) is 0.879. The maximum Gasteiger partial charge on any atom is 0.220 e. The van der Waals surface area contributed by atoms with E-state index in [9.17, 15) is 9.59 Å². The Morgan fingerprint density at radius 1 is 1.23 bits per heavy atom. The Labute approximate surface area is 244 Å². The van der Waals surface area contributed by atoms with Gasteiger partial charge < -0.3 is 21.1 Å². The summed E-state index contributed by atoms with van der Waals surface area (Å²) in [6.45, 7) is 19.2. The lowest BCUT2D eigenvalue weighted by atomic mass is 9.56. The third-order valence-electron chi connectivity index (χ3n) is 11.0. The Morgan fingerprint density at radius 2 is 1.95 bits per heavy atom. The largest absolute Gasteiger partial charge is 0.357 e. The average molecular weight is 561 g/mol. The molecular weight excluding hydrogens is 500 g/mol. The van der Waals surface area contributed by atoms with Gasteiger partial charge in [0.15, 0.2) is 0 Å². The second-order valence-electron chi connectivity index (χ2n) is 13.4. The molecule has 0 aromatic rings. The fourth-order valence-electron chi connectivity index (χ4n) is 8.74. The number of amides is 2. The number of nitrogens with one attached hydrogen (secondary N) is 3. The second-order valence-corrected chi connectivity index (χ2v) is 13.4. The Morgan fingerprint density at radius 3 is 2.58 bits per heavy atom. The quantitative estimate of drug-likeness (QED) is 0.350. The number of ether oxygens (including phenoxy) is 1. The van der Waals surface area contributed by atoms with Crippen molar-refractivity contribution < 1.29 is 14.3 Å². The van der Waals surface area contributed by atoms with Gasteiger partial charge in [0.05, 0.1) is 5.60 Å². The van der Waals surface area contributed by atoms with Crippen molar-refractivity contribution >= 4 is 11.8 Å². The van der Waals surface area contributed by atoms with Crippen LogP contribution in [0.15, 0.2) is 11.1 Å². The molecule has 2 amide bonds. The number of nitrogens with two attached hydrogens (primary N) is 1. The van der Waals surface area contributed by atoms with Gasteiger partial charge in [-0.15, -0.1) is 0 Å². The van der Waals surface area contributed by atoms with Crippen LogP contribution in [0.25, 0.3) is 0 Å². The molecule has 4 fully saturated rings. The number of carbonyl (C=O) groups excluding carboxylic acids is 2. The van der Waals surface area contributed by atoms with Crippen LogP contribution in [0.5, 0.6) is 0 Å². The number of hydrogen-bond donors (Lipinski definition) is 4. The summed E-state index contributed by atoms with van der Waals surface area (Å²) in [7, 11) is 0. The van der Waals surface area contributed by atoms with E-state index in [-0.39, 0.29) is 23.6 Å². The van der Waals surface area contributed by atoms with Gasteiger partial charge in [0.1, 0.15) is 6.23 Å². The van der Waals surface area contributed by atoms with Crippen LogP contribution in [-0.4, -0.2) is 49.3 Å². The van der Waals surface area contributed by atoms with Crippen LogP contribution in [0.2, 0.25) is 0 Å². The van der Waals surface area contributed by atoms with Gasteiger partial charge in [-0.05, 0) is 114 Å². The van der Waals surface area contributed by atoms with Crippen LogP contribution in [0.3, 0.4) is 0 Å². The zero-order chi connectivity index (χ0) is 29.7. The van der Waals surface area contributed by atoms with E-state index in [1.165, 1.54) is 32.6 Å². The number of hydrogen-bond acceptors (Lipinski definition) is 5. The Hall–Kier alpha value is -1.44. The second kappa shape index (κ2) is 14.2. The predicted molar refractivity (Wildman–Crippen MR) is 163 cm³/mol. The monoisotopic (exact) mass is 560 g/mol. The number of carbonyl (C=O) groups is 2. The molecule has 0 aromatic heterocycles. The SMILES string of the molecule is CC.CC1=C2CC3C(CCC4CNC(=O)CCC43C)C2CCC2(C1)OC(CC(C)CN)N[C@H]2C.CCNC(C)=O. The average Bonchev–Trinajstić information content (AvgIpc) is 3.34. The summed E-state index contributed by atoms with van der Waals surface area (Å²) in [6.07, 6.45) is 10.3. The zero-order valence-electron chi connectivity index (χ0n) is 26.8. The molecule has 7 heteroatoms. The molecule has 5 aliphatic rings. The van der Waals surface area contributed by atoms with Crippen molar-refractivity contribution in [2.45, 2.75) is 131 Å². The van der Waals surface area contributed by atoms with Crippen molar-refractivity contribution in [3.05, 3.63) is 11.1 Å². The van der Waals surface area contributed by atoms with Crippen LogP contribution >= 0.6 is 0 Å². The maximum atomic E-state index is 12.1. The molecule has 1 spiro atoms. The number of rotatable bonds is 4. The first-order valence-corrected chi connectivity index (χ1v) is 16.4. The van der Waals surface area contributed by atoms with E-state index in [0.717, 1.165) is 63.1 Å². The highest BCUT2D eigenvalue weighted by Gasteiger charge is 2.57. The molecule has 2 saturated heterocycles. The van der Waals surface area contributed by atoms with Crippen molar-refractivity contribution in [2.75, 3.05) is 19.6 Å².